The van der Waals surface area contributed by atoms with Gasteiger partial charge < -0.3 is 15.4 Å². The summed E-state index contributed by atoms with van der Waals surface area (Å²) in [4.78, 5) is 6.87. The topological polar surface area (TPSA) is 51.4 Å². The fourth-order valence-electron chi connectivity index (χ4n) is 2.01. The van der Waals surface area contributed by atoms with Gasteiger partial charge in [0.15, 0.2) is 0 Å². The van der Waals surface area contributed by atoms with E-state index in [0.717, 1.165) is 31.4 Å². The van der Waals surface area contributed by atoms with Gasteiger partial charge in [-0.3, -0.25) is 0 Å². The van der Waals surface area contributed by atoms with Crippen molar-refractivity contribution in [3.8, 4) is 5.88 Å². The Morgan fingerprint density at radius 2 is 2.11 bits per heavy atom. The quantitative estimate of drug-likeness (QED) is 0.902. The Balaban J connectivity index is 1.71. The van der Waals surface area contributed by atoms with E-state index in [1.54, 1.807) is 0 Å². The largest absolute Gasteiger partial charge is 0.476 e. The van der Waals surface area contributed by atoms with Crippen LogP contribution in [0.3, 0.4) is 0 Å². The lowest BCUT2D eigenvalue weighted by molar-refractivity contribution is 0.290. The third-order valence-corrected chi connectivity index (χ3v) is 4.31. The lowest BCUT2D eigenvalue weighted by Gasteiger charge is -2.27. The molecule has 2 fully saturated rings. The van der Waals surface area contributed by atoms with Crippen LogP contribution in [0.15, 0.2) is 12.1 Å². The van der Waals surface area contributed by atoms with Crippen molar-refractivity contribution >= 4 is 23.3 Å². The van der Waals surface area contributed by atoms with Crippen molar-refractivity contribution in [1.29, 1.82) is 0 Å². The van der Waals surface area contributed by atoms with Crippen molar-refractivity contribution in [2.75, 3.05) is 41.8 Å². The maximum absolute atomic E-state index is 5.92. The van der Waals surface area contributed by atoms with E-state index in [-0.39, 0.29) is 0 Å². The van der Waals surface area contributed by atoms with Crippen LogP contribution in [0.4, 0.5) is 11.5 Å². The van der Waals surface area contributed by atoms with Crippen LogP contribution in [0.1, 0.15) is 12.8 Å². The minimum atomic E-state index is 0.609. The number of ether oxygens (including phenoxy) is 1. The summed E-state index contributed by atoms with van der Waals surface area (Å²) in [7, 11) is 0. The molecule has 1 aromatic heterocycles. The Bertz CT molecular complexity index is 417. The molecule has 0 spiro atoms. The lowest BCUT2D eigenvalue weighted by atomic mass is 10.3. The Kier molecular flexibility index (Phi) is 3.50. The second kappa shape index (κ2) is 5.26. The van der Waals surface area contributed by atoms with Crippen molar-refractivity contribution in [3.63, 3.8) is 0 Å². The first-order valence-electron chi connectivity index (χ1n) is 6.55. The minimum absolute atomic E-state index is 0.609. The highest BCUT2D eigenvalue weighted by molar-refractivity contribution is 7.99. The van der Waals surface area contributed by atoms with Crippen LogP contribution in [-0.4, -0.2) is 36.2 Å². The lowest BCUT2D eigenvalue weighted by Crippen LogP contribution is -2.33. The molecule has 1 aliphatic heterocycles. The van der Waals surface area contributed by atoms with Crippen molar-refractivity contribution in [3.05, 3.63) is 12.1 Å². The molecule has 3 rings (SSSR count). The molecular weight excluding hydrogens is 246 g/mol. The van der Waals surface area contributed by atoms with E-state index in [1.165, 1.54) is 24.3 Å². The van der Waals surface area contributed by atoms with Crippen molar-refractivity contribution in [2.45, 2.75) is 12.8 Å². The second-order valence-corrected chi connectivity index (χ2v) is 6.14. The molecule has 2 N–H and O–H groups in total. The molecule has 2 heterocycles. The molecule has 0 atom stereocenters. The summed E-state index contributed by atoms with van der Waals surface area (Å²) < 4.78 is 5.72. The van der Waals surface area contributed by atoms with Crippen LogP contribution in [0.5, 0.6) is 5.88 Å². The molecule has 4 nitrogen and oxygen atoms in total. The van der Waals surface area contributed by atoms with E-state index in [1.807, 2.05) is 23.9 Å². The van der Waals surface area contributed by atoms with Crippen LogP contribution in [-0.2, 0) is 0 Å². The summed E-state index contributed by atoms with van der Waals surface area (Å²) in [6.07, 6.45) is 2.56. The van der Waals surface area contributed by atoms with Gasteiger partial charge in [-0.2, -0.15) is 16.7 Å². The smallest absolute Gasteiger partial charge is 0.239 e. The third kappa shape index (κ3) is 2.83. The fourth-order valence-corrected chi connectivity index (χ4v) is 2.91. The monoisotopic (exact) mass is 265 g/mol. The zero-order chi connectivity index (χ0) is 12.4. The summed E-state index contributed by atoms with van der Waals surface area (Å²) >= 11 is 2.00. The number of anilines is 2. The highest BCUT2D eigenvalue weighted by Gasteiger charge is 2.23. The Hall–Kier alpha value is -1.10. The number of rotatable bonds is 4. The highest BCUT2D eigenvalue weighted by atomic mass is 32.2. The molecule has 1 saturated carbocycles. The first-order valence-corrected chi connectivity index (χ1v) is 7.70. The second-order valence-electron chi connectivity index (χ2n) is 4.92. The van der Waals surface area contributed by atoms with E-state index in [2.05, 4.69) is 9.88 Å². The molecule has 5 heteroatoms. The zero-order valence-corrected chi connectivity index (χ0v) is 11.3. The van der Waals surface area contributed by atoms with Gasteiger partial charge in [0.25, 0.3) is 0 Å². The number of nitrogen functional groups attached to an aromatic ring is 1. The zero-order valence-electron chi connectivity index (χ0n) is 10.5. The van der Waals surface area contributed by atoms with Gasteiger partial charge >= 0.3 is 0 Å². The van der Waals surface area contributed by atoms with Crippen LogP contribution in [0, 0.1) is 5.92 Å². The van der Waals surface area contributed by atoms with Gasteiger partial charge in [0, 0.05) is 24.6 Å². The van der Waals surface area contributed by atoms with E-state index in [4.69, 9.17) is 10.5 Å². The van der Waals surface area contributed by atoms with Crippen molar-refractivity contribution < 1.29 is 4.74 Å². The van der Waals surface area contributed by atoms with E-state index in [9.17, 15) is 0 Å². The molecule has 18 heavy (non-hydrogen) atoms. The molecule has 2 aliphatic rings. The number of hydrogen-bond acceptors (Lipinski definition) is 5. The predicted molar refractivity (Wildman–Crippen MR) is 76.4 cm³/mol. The number of nitrogens with two attached hydrogens (primary N) is 1. The van der Waals surface area contributed by atoms with Gasteiger partial charge in [0.2, 0.25) is 5.88 Å². The molecule has 0 bridgehead atoms. The number of thioether (sulfide) groups is 1. The Morgan fingerprint density at radius 1 is 1.33 bits per heavy atom. The molecule has 1 aromatic rings. The van der Waals surface area contributed by atoms with Gasteiger partial charge in [-0.1, -0.05) is 0 Å². The summed E-state index contributed by atoms with van der Waals surface area (Å²) in [6.45, 7) is 2.88. The molecule has 0 unspecified atom stereocenters. The van der Waals surface area contributed by atoms with E-state index in [0.29, 0.717) is 11.6 Å². The average Bonchev–Trinajstić information content (AvgIpc) is 3.23. The fraction of sp³-hybridized carbons (Fsp3) is 0.615. The maximum atomic E-state index is 5.92. The van der Waals surface area contributed by atoms with Crippen LogP contribution >= 0.6 is 11.8 Å². The van der Waals surface area contributed by atoms with Crippen molar-refractivity contribution in [1.82, 2.24) is 4.98 Å². The maximum Gasteiger partial charge on any atom is 0.239 e. The molecule has 0 aromatic carbocycles. The van der Waals surface area contributed by atoms with E-state index >= 15 is 0 Å². The van der Waals surface area contributed by atoms with Gasteiger partial charge in [-0.05, 0) is 30.9 Å². The SMILES string of the molecule is Nc1ccc(N2CCSCC2)nc1OCC1CC1. The summed E-state index contributed by atoms with van der Waals surface area (Å²) in [5.74, 6) is 4.67. The predicted octanol–water partition coefficient (Wildman–Crippen LogP) is 2.01. The van der Waals surface area contributed by atoms with Gasteiger partial charge in [-0.15, -0.1) is 0 Å². The van der Waals surface area contributed by atoms with Gasteiger partial charge in [-0.25, -0.2) is 0 Å². The number of hydrogen-bond donors (Lipinski definition) is 1. The molecular formula is C13H19N3OS. The molecule has 1 aliphatic carbocycles. The van der Waals surface area contributed by atoms with Crippen LogP contribution in [0.2, 0.25) is 0 Å². The summed E-state index contributed by atoms with van der Waals surface area (Å²) in [6, 6.07) is 3.90. The first-order chi connectivity index (χ1) is 8.83. The minimum Gasteiger partial charge on any atom is -0.476 e. The van der Waals surface area contributed by atoms with Gasteiger partial charge in [0.1, 0.15) is 5.82 Å². The van der Waals surface area contributed by atoms with Gasteiger partial charge in [0.05, 0.1) is 12.3 Å². The number of pyridine rings is 1. The molecule has 0 radical (unpaired) electrons. The highest BCUT2D eigenvalue weighted by Crippen LogP contribution is 2.31. The standard InChI is InChI=1S/C13H19N3OS/c14-11-3-4-12(16-5-7-18-8-6-16)15-13(11)17-9-10-1-2-10/h3-4,10H,1-2,5-9,14H2. The summed E-state index contributed by atoms with van der Waals surface area (Å²) in [5, 5.41) is 0. The molecule has 98 valence electrons. The number of aromatic nitrogens is 1. The Labute approximate surface area is 112 Å². The summed E-state index contributed by atoms with van der Waals surface area (Å²) in [5.41, 5.74) is 6.56. The van der Waals surface area contributed by atoms with E-state index < -0.39 is 0 Å². The molecule has 0 amide bonds. The van der Waals surface area contributed by atoms with Crippen LogP contribution in [0.25, 0.3) is 0 Å². The average molecular weight is 265 g/mol. The Morgan fingerprint density at radius 3 is 2.83 bits per heavy atom. The number of nitrogens with zero attached hydrogens (tertiary/aromatic N) is 2. The first kappa shape index (κ1) is 12.0. The van der Waals surface area contributed by atoms with Crippen molar-refractivity contribution in [2.24, 2.45) is 5.92 Å². The third-order valence-electron chi connectivity index (χ3n) is 3.36. The van der Waals surface area contributed by atoms with Crippen LogP contribution < -0.4 is 15.4 Å². The normalized spacial score (nSPS) is 19.9. The molecule has 1 saturated heterocycles.